The molecule has 3 rings (SSSR count). The molecular weight excluding hydrogens is 322 g/mol. The zero-order chi connectivity index (χ0) is 15.5. The lowest BCUT2D eigenvalue weighted by molar-refractivity contribution is 0.397. The number of hydrogen-bond acceptors (Lipinski definition) is 5. The number of halogens is 1. The molecule has 0 saturated carbocycles. The highest BCUT2D eigenvalue weighted by Crippen LogP contribution is 2.44. The van der Waals surface area contributed by atoms with Crippen LogP contribution in [0.5, 0.6) is 5.88 Å². The maximum Gasteiger partial charge on any atom is 0.267 e. The predicted molar refractivity (Wildman–Crippen MR) is 87.3 cm³/mol. The zero-order valence-corrected chi connectivity index (χ0v) is 13.5. The molecule has 0 aromatic carbocycles. The van der Waals surface area contributed by atoms with Crippen LogP contribution in [0.1, 0.15) is 22.9 Å². The van der Waals surface area contributed by atoms with Crippen molar-refractivity contribution >= 4 is 23.4 Å². The van der Waals surface area contributed by atoms with E-state index < -0.39 is 0 Å². The third-order valence-electron chi connectivity index (χ3n) is 3.30. The van der Waals surface area contributed by atoms with Crippen LogP contribution in [-0.2, 0) is 6.54 Å². The van der Waals surface area contributed by atoms with E-state index in [1.54, 1.807) is 43.3 Å². The molecule has 22 heavy (non-hydrogen) atoms. The van der Waals surface area contributed by atoms with Gasteiger partial charge in [0.25, 0.3) is 5.56 Å². The van der Waals surface area contributed by atoms with Crippen molar-refractivity contribution in [2.75, 3.05) is 7.11 Å². The standard InChI is InChI=1S/C15H14ClN3O2S/c1-21-14-6-2-10(8-17-14)9-19-15(20)7-3-11(18-19)12-4-5-13(16)22-12/h2-3,5-8,12H,4,9H2,1H3. The minimum atomic E-state index is -0.137. The predicted octanol–water partition coefficient (Wildman–Crippen LogP) is 2.95. The molecule has 0 saturated heterocycles. The van der Waals surface area contributed by atoms with E-state index in [1.807, 2.05) is 12.1 Å². The topological polar surface area (TPSA) is 57.0 Å². The molecule has 0 amide bonds. The second-order valence-corrected chi connectivity index (χ2v) is 6.69. The van der Waals surface area contributed by atoms with Gasteiger partial charge in [0.15, 0.2) is 0 Å². The van der Waals surface area contributed by atoms with E-state index in [2.05, 4.69) is 10.1 Å². The van der Waals surface area contributed by atoms with Crippen LogP contribution >= 0.6 is 23.4 Å². The second kappa shape index (κ2) is 6.54. The molecule has 0 spiro atoms. The summed E-state index contributed by atoms with van der Waals surface area (Å²) < 4.78 is 7.25. The highest BCUT2D eigenvalue weighted by atomic mass is 35.5. The fourth-order valence-electron chi connectivity index (χ4n) is 2.16. The molecule has 1 aliphatic heterocycles. The number of rotatable bonds is 4. The zero-order valence-electron chi connectivity index (χ0n) is 11.9. The van der Waals surface area contributed by atoms with Gasteiger partial charge >= 0.3 is 0 Å². The van der Waals surface area contributed by atoms with Crippen LogP contribution in [-0.4, -0.2) is 21.9 Å². The van der Waals surface area contributed by atoms with Gasteiger partial charge in [0, 0.05) is 18.3 Å². The summed E-state index contributed by atoms with van der Waals surface area (Å²) in [5.41, 5.74) is 1.61. The number of allylic oxidation sites excluding steroid dienone is 1. The lowest BCUT2D eigenvalue weighted by Crippen LogP contribution is -2.24. The van der Waals surface area contributed by atoms with E-state index in [1.165, 1.54) is 4.68 Å². The van der Waals surface area contributed by atoms with Crippen LogP contribution in [0.2, 0.25) is 0 Å². The molecule has 2 aromatic heterocycles. The Balaban J connectivity index is 1.82. The van der Waals surface area contributed by atoms with Crippen molar-refractivity contribution in [3.05, 3.63) is 62.5 Å². The lowest BCUT2D eigenvalue weighted by Gasteiger charge is -2.11. The fraction of sp³-hybridized carbons (Fsp3) is 0.267. The molecule has 1 atom stereocenters. The summed E-state index contributed by atoms with van der Waals surface area (Å²) >= 11 is 7.56. The van der Waals surface area contributed by atoms with Gasteiger partial charge in [0.05, 0.1) is 29.0 Å². The summed E-state index contributed by atoms with van der Waals surface area (Å²) in [4.78, 5) is 16.1. The smallest absolute Gasteiger partial charge is 0.267 e. The van der Waals surface area contributed by atoms with Gasteiger partial charge in [-0.1, -0.05) is 23.7 Å². The van der Waals surface area contributed by atoms with Crippen molar-refractivity contribution < 1.29 is 4.74 Å². The summed E-state index contributed by atoms with van der Waals surface area (Å²) in [7, 11) is 1.57. The van der Waals surface area contributed by atoms with Gasteiger partial charge in [0.1, 0.15) is 0 Å². The average Bonchev–Trinajstić information content (AvgIpc) is 2.97. The van der Waals surface area contributed by atoms with Crippen molar-refractivity contribution in [2.24, 2.45) is 0 Å². The molecule has 2 aromatic rings. The first-order valence-corrected chi connectivity index (χ1v) is 8.01. The van der Waals surface area contributed by atoms with E-state index in [9.17, 15) is 4.79 Å². The Hall–Kier alpha value is -1.79. The minimum absolute atomic E-state index is 0.137. The fourth-order valence-corrected chi connectivity index (χ4v) is 3.48. The highest BCUT2D eigenvalue weighted by Gasteiger charge is 2.20. The molecule has 3 heterocycles. The largest absolute Gasteiger partial charge is 0.481 e. The first kappa shape index (κ1) is 15.1. The van der Waals surface area contributed by atoms with Crippen molar-refractivity contribution in [3.8, 4) is 5.88 Å². The second-order valence-electron chi connectivity index (χ2n) is 4.81. The monoisotopic (exact) mass is 335 g/mol. The van der Waals surface area contributed by atoms with Gasteiger partial charge < -0.3 is 4.74 Å². The Morgan fingerprint density at radius 2 is 2.27 bits per heavy atom. The third kappa shape index (κ3) is 3.34. The highest BCUT2D eigenvalue weighted by molar-refractivity contribution is 8.05. The van der Waals surface area contributed by atoms with Crippen LogP contribution in [0.25, 0.3) is 0 Å². The summed E-state index contributed by atoms with van der Waals surface area (Å²) in [6.07, 6.45) is 4.49. The molecule has 1 aliphatic rings. The van der Waals surface area contributed by atoms with E-state index in [-0.39, 0.29) is 10.8 Å². The quantitative estimate of drug-likeness (QED) is 0.859. The van der Waals surface area contributed by atoms with Gasteiger partial charge in [-0.2, -0.15) is 5.10 Å². The summed E-state index contributed by atoms with van der Waals surface area (Å²) in [6, 6.07) is 6.95. The average molecular weight is 336 g/mol. The Morgan fingerprint density at radius 3 is 2.91 bits per heavy atom. The summed E-state index contributed by atoms with van der Waals surface area (Å²) in [6.45, 7) is 0.377. The molecule has 5 nitrogen and oxygen atoms in total. The van der Waals surface area contributed by atoms with Crippen molar-refractivity contribution in [1.82, 2.24) is 14.8 Å². The molecule has 0 bridgehead atoms. The molecule has 0 aliphatic carbocycles. The number of hydrogen-bond donors (Lipinski definition) is 0. The minimum Gasteiger partial charge on any atom is -0.481 e. The van der Waals surface area contributed by atoms with Crippen molar-refractivity contribution in [2.45, 2.75) is 18.2 Å². The van der Waals surface area contributed by atoms with Crippen LogP contribution in [0.3, 0.4) is 0 Å². The molecule has 114 valence electrons. The molecule has 1 unspecified atom stereocenters. The van der Waals surface area contributed by atoms with Crippen LogP contribution in [0.4, 0.5) is 0 Å². The lowest BCUT2D eigenvalue weighted by atomic mass is 10.2. The van der Waals surface area contributed by atoms with E-state index in [4.69, 9.17) is 16.3 Å². The number of thioether (sulfide) groups is 1. The maximum absolute atomic E-state index is 12.0. The summed E-state index contributed by atoms with van der Waals surface area (Å²) in [5, 5.41) is 4.63. The van der Waals surface area contributed by atoms with Gasteiger partial charge in [0.2, 0.25) is 5.88 Å². The van der Waals surface area contributed by atoms with Crippen LogP contribution in [0.15, 0.2) is 45.7 Å². The molecule has 0 N–H and O–H groups in total. The number of aromatic nitrogens is 3. The van der Waals surface area contributed by atoms with Gasteiger partial charge in [-0.15, -0.1) is 11.8 Å². The van der Waals surface area contributed by atoms with E-state index >= 15 is 0 Å². The Labute approximate surface area is 137 Å². The normalized spacial score (nSPS) is 17.4. The van der Waals surface area contributed by atoms with E-state index in [0.717, 1.165) is 22.0 Å². The Kier molecular flexibility index (Phi) is 4.49. The van der Waals surface area contributed by atoms with E-state index in [0.29, 0.717) is 12.4 Å². The Bertz CT molecular complexity index is 758. The number of methoxy groups -OCH3 is 1. The van der Waals surface area contributed by atoms with Gasteiger partial charge in [-0.3, -0.25) is 4.79 Å². The third-order valence-corrected chi connectivity index (χ3v) is 4.84. The van der Waals surface area contributed by atoms with Crippen molar-refractivity contribution in [1.29, 1.82) is 0 Å². The number of ether oxygens (including phenoxy) is 1. The van der Waals surface area contributed by atoms with Crippen molar-refractivity contribution in [3.63, 3.8) is 0 Å². The first-order valence-electron chi connectivity index (χ1n) is 6.75. The molecule has 7 heteroatoms. The van der Waals surface area contributed by atoms with Crippen LogP contribution in [0, 0.1) is 0 Å². The number of pyridine rings is 1. The Morgan fingerprint density at radius 1 is 1.41 bits per heavy atom. The number of nitrogens with zero attached hydrogens (tertiary/aromatic N) is 3. The molecule has 0 radical (unpaired) electrons. The van der Waals surface area contributed by atoms with Crippen LogP contribution < -0.4 is 10.3 Å². The SMILES string of the molecule is COc1ccc(Cn2nc(C3CC=C(Cl)S3)ccc2=O)cn1. The van der Waals surface area contributed by atoms with Gasteiger partial charge in [-0.05, 0) is 18.1 Å². The molecular formula is C15H14ClN3O2S. The first-order chi connectivity index (χ1) is 10.7. The molecule has 0 fully saturated rings. The summed E-state index contributed by atoms with van der Waals surface area (Å²) in [5.74, 6) is 0.542. The maximum atomic E-state index is 12.0. The van der Waals surface area contributed by atoms with Gasteiger partial charge in [-0.25, -0.2) is 9.67 Å².